The zero-order valence-electron chi connectivity index (χ0n) is 27.9. The van der Waals surface area contributed by atoms with Crippen molar-refractivity contribution in [1.29, 1.82) is 0 Å². The van der Waals surface area contributed by atoms with Gasteiger partial charge in [-0.25, -0.2) is 0 Å². The number of carbonyl (C=O) groups is 2. The first kappa shape index (κ1) is 30.8. The summed E-state index contributed by atoms with van der Waals surface area (Å²) in [7, 11) is 0. The summed E-state index contributed by atoms with van der Waals surface area (Å²) in [6.07, 6.45) is 0. The molecule has 50 heavy (non-hydrogen) atoms. The van der Waals surface area contributed by atoms with Crippen LogP contribution in [0.15, 0.2) is 157 Å². The fourth-order valence-corrected chi connectivity index (χ4v) is 7.03. The maximum atomic E-state index is 14.4. The van der Waals surface area contributed by atoms with Crippen molar-refractivity contribution in [1.82, 2.24) is 19.8 Å². The molecule has 4 aromatic carbocycles. The molecule has 2 amide bonds. The second-order valence-electron chi connectivity index (χ2n) is 12.1. The van der Waals surface area contributed by atoms with Gasteiger partial charge < -0.3 is 19.8 Å². The Balaban J connectivity index is 1.25. The molecule has 0 saturated carbocycles. The van der Waals surface area contributed by atoms with Crippen molar-refractivity contribution in [2.24, 2.45) is 0 Å². The highest BCUT2D eigenvalue weighted by Crippen LogP contribution is 2.47. The van der Waals surface area contributed by atoms with Crippen LogP contribution in [0, 0.1) is 0 Å². The maximum absolute atomic E-state index is 14.4. The van der Waals surface area contributed by atoms with Gasteiger partial charge in [-0.05, 0) is 86.6 Å². The van der Waals surface area contributed by atoms with Gasteiger partial charge in [0.2, 0.25) is 0 Å². The summed E-state index contributed by atoms with van der Waals surface area (Å²) in [6.45, 7) is 4.70. The summed E-state index contributed by atoms with van der Waals surface area (Å²) in [6, 6.07) is 48.4. The Labute approximate surface area is 291 Å². The summed E-state index contributed by atoms with van der Waals surface area (Å²) in [5.41, 5.74) is 7.39. The molecule has 0 radical (unpaired) electrons. The minimum atomic E-state index is -0.185. The zero-order chi connectivity index (χ0) is 34.2. The van der Waals surface area contributed by atoms with Crippen molar-refractivity contribution < 1.29 is 9.59 Å². The summed E-state index contributed by atoms with van der Waals surface area (Å²) < 4.78 is 0. The number of para-hydroxylation sites is 4. The Morgan fingerprint density at radius 2 is 0.740 bits per heavy atom. The van der Waals surface area contributed by atoms with Gasteiger partial charge in [-0.15, -0.1) is 0 Å². The third-order valence-corrected chi connectivity index (χ3v) is 9.20. The van der Waals surface area contributed by atoms with Gasteiger partial charge in [-0.1, -0.05) is 72.8 Å². The third kappa shape index (κ3) is 5.09. The second kappa shape index (κ2) is 12.8. The van der Waals surface area contributed by atoms with Crippen molar-refractivity contribution in [2.45, 2.75) is 13.8 Å². The topological polar surface area (TPSA) is 78.7 Å². The Hall–Kier alpha value is -6.54. The van der Waals surface area contributed by atoms with E-state index in [0.717, 1.165) is 34.4 Å². The Morgan fingerprint density at radius 3 is 1.02 bits per heavy atom. The van der Waals surface area contributed by atoms with E-state index in [9.17, 15) is 9.59 Å². The van der Waals surface area contributed by atoms with Crippen molar-refractivity contribution in [3.05, 3.63) is 168 Å². The first-order valence-electron chi connectivity index (χ1n) is 16.9. The fourth-order valence-electron chi connectivity index (χ4n) is 7.03. The molecule has 246 valence electrons. The van der Waals surface area contributed by atoms with Gasteiger partial charge in [0.15, 0.2) is 0 Å². The lowest BCUT2D eigenvalue weighted by Crippen LogP contribution is -2.29. The molecule has 8 nitrogen and oxygen atoms in total. The molecule has 0 bridgehead atoms. The molecule has 0 atom stereocenters. The standard InChI is InChI=1S/C42H36N6O2/c1-3-45-39(33-25-27-35(43-33)47(29-17-9-5-10-18-29)30-19-11-6-12-20-30)37-38(41(45)49)40(46(4-2)42(37)50)34-26-28-36(44-34)48(31-21-13-7-14-22-31)32-23-15-8-16-24-32/h5-28,43-44H,3-4H2,1-2H3. The predicted molar refractivity (Wildman–Crippen MR) is 200 cm³/mol. The minimum Gasteiger partial charge on any atom is -0.340 e. The van der Waals surface area contributed by atoms with E-state index in [-0.39, 0.29) is 11.8 Å². The number of rotatable bonds is 10. The van der Waals surface area contributed by atoms with E-state index in [1.165, 1.54) is 0 Å². The number of nitrogens with zero attached hydrogens (tertiary/aromatic N) is 4. The van der Waals surface area contributed by atoms with Crippen LogP contribution in [0.2, 0.25) is 0 Å². The number of fused-ring (bicyclic) bond motifs is 1. The largest absolute Gasteiger partial charge is 0.340 e. The van der Waals surface area contributed by atoms with Crippen LogP contribution in [0.4, 0.5) is 34.4 Å². The van der Waals surface area contributed by atoms with Crippen molar-refractivity contribution in [3.63, 3.8) is 0 Å². The highest BCUT2D eigenvalue weighted by atomic mass is 16.2. The van der Waals surface area contributed by atoms with Gasteiger partial charge >= 0.3 is 0 Å². The molecule has 0 spiro atoms. The quantitative estimate of drug-likeness (QED) is 0.154. The zero-order valence-corrected chi connectivity index (χ0v) is 27.9. The van der Waals surface area contributed by atoms with Crippen molar-refractivity contribution in [3.8, 4) is 0 Å². The van der Waals surface area contributed by atoms with E-state index in [1.807, 2.05) is 111 Å². The average molecular weight is 657 g/mol. The summed E-state index contributed by atoms with van der Waals surface area (Å²) >= 11 is 0. The number of carbonyl (C=O) groups excluding carboxylic acids is 2. The molecular formula is C42H36N6O2. The molecule has 2 aliphatic heterocycles. The molecule has 2 N–H and O–H groups in total. The third-order valence-electron chi connectivity index (χ3n) is 9.20. The number of aromatic amines is 2. The van der Waals surface area contributed by atoms with Gasteiger partial charge in [0.25, 0.3) is 11.8 Å². The van der Waals surface area contributed by atoms with Crippen LogP contribution in [-0.2, 0) is 9.59 Å². The molecule has 6 aromatic rings. The van der Waals surface area contributed by atoms with E-state index in [4.69, 9.17) is 0 Å². The molecule has 0 saturated heterocycles. The van der Waals surface area contributed by atoms with E-state index >= 15 is 0 Å². The van der Waals surface area contributed by atoms with Crippen LogP contribution < -0.4 is 9.80 Å². The van der Waals surface area contributed by atoms with Gasteiger partial charge in [0.1, 0.15) is 11.6 Å². The van der Waals surface area contributed by atoms with Crippen LogP contribution in [0.25, 0.3) is 11.4 Å². The molecule has 2 aromatic heterocycles. The summed E-state index contributed by atoms with van der Waals surface area (Å²) in [5, 5.41) is 0. The maximum Gasteiger partial charge on any atom is 0.261 e. The Morgan fingerprint density at radius 1 is 0.440 bits per heavy atom. The highest BCUT2D eigenvalue weighted by molar-refractivity contribution is 6.30. The first-order valence-corrected chi connectivity index (χ1v) is 16.9. The van der Waals surface area contributed by atoms with E-state index in [1.54, 1.807) is 9.80 Å². The van der Waals surface area contributed by atoms with Crippen LogP contribution in [0.1, 0.15) is 25.2 Å². The lowest BCUT2D eigenvalue weighted by molar-refractivity contribution is -0.124. The lowest BCUT2D eigenvalue weighted by atomic mass is 10.1. The molecule has 8 heteroatoms. The van der Waals surface area contributed by atoms with E-state index in [0.29, 0.717) is 47.0 Å². The molecular weight excluding hydrogens is 621 g/mol. The summed E-state index contributed by atoms with van der Waals surface area (Å²) in [4.78, 5) is 43.6. The lowest BCUT2D eigenvalue weighted by Gasteiger charge is -2.25. The molecule has 4 heterocycles. The number of amides is 2. The molecule has 0 fully saturated rings. The number of likely N-dealkylation sites (N-methyl/N-ethyl adjacent to an activating group) is 2. The second-order valence-corrected chi connectivity index (χ2v) is 12.1. The normalized spacial score (nSPS) is 14.2. The van der Waals surface area contributed by atoms with Gasteiger partial charge in [0.05, 0.1) is 33.9 Å². The number of nitrogens with one attached hydrogen (secondary N) is 2. The monoisotopic (exact) mass is 656 g/mol. The van der Waals surface area contributed by atoms with Gasteiger partial charge in [0, 0.05) is 35.8 Å². The van der Waals surface area contributed by atoms with Crippen LogP contribution in [-0.4, -0.2) is 44.7 Å². The van der Waals surface area contributed by atoms with Crippen molar-refractivity contribution >= 4 is 57.6 Å². The first-order chi connectivity index (χ1) is 24.6. The number of aromatic nitrogens is 2. The minimum absolute atomic E-state index is 0.185. The Kier molecular flexibility index (Phi) is 7.89. The molecule has 0 aliphatic carbocycles. The molecule has 2 aliphatic rings. The number of anilines is 6. The molecule has 8 rings (SSSR count). The number of H-pyrrole nitrogens is 2. The van der Waals surface area contributed by atoms with Crippen LogP contribution in [0.5, 0.6) is 0 Å². The van der Waals surface area contributed by atoms with Crippen LogP contribution in [0.3, 0.4) is 0 Å². The molecule has 0 unspecified atom stereocenters. The number of hydrogen-bond donors (Lipinski definition) is 2. The number of benzene rings is 4. The highest BCUT2D eigenvalue weighted by Gasteiger charge is 2.48. The number of hydrogen-bond acceptors (Lipinski definition) is 4. The predicted octanol–water partition coefficient (Wildman–Crippen LogP) is 9.13. The van der Waals surface area contributed by atoms with Gasteiger partial charge in [-0.2, -0.15) is 0 Å². The SMILES string of the molecule is CCN1C(=O)C2=C(c3ccc(N(c4ccccc4)c4ccccc4)[nH]3)N(CC)C(=O)C2=C1c1ccc(N(c2ccccc2)c2ccccc2)[nH]1. The van der Waals surface area contributed by atoms with Crippen LogP contribution >= 0.6 is 0 Å². The van der Waals surface area contributed by atoms with Gasteiger partial charge in [-0.3, -0.25) is 19.4 Å². The van der Waals surface area contributed by atoms with E-state index in [2.05, 4.69) is 68.3 Å². The summed E-state index contributed by atoms with van der Waals surface area (Å²) in [5.74, 6) is 1.27. The Bertz CT molecular complexity index is 2000. The smallest absolute Gasteiger partial charge is 0.261 e. The van der Waals surface area contributed by atoms with Crippen molar-refractivity contribution in [2.75, 3.05) is 22.9 Å². The van der Waals surface area contributed by atoms with E-state index < -0.39 is 0 Å². The fraction of sp³-hybridized carbons (Fsp3) is 0.0952. The average Bonchev–Trinajstić information content (AvgIpc) is 3.95.